The molecule has 17 heavy (non-hydrogen) atoms. The Morgan fingerprint density at radius 3 is 2.53 bits per heavy atom. The molecule has 0 saturated carbocycles. The van der Waals surface area contributed by atoms with Crippen molar-refractivity contribution in [1.29, 1.82) is 0 Å². The summed E-state index contributed by atoms with van der Waals surface area (Å²) in [5.74, 6) is 0.753. The summed E-state index contributed by atoms with van der Waals surface area (Å²) in [7, 11) is 1.67. The Kier molecular flexibility index (Phi) is 5.01. The van der Waals surface area contributed by atoms with E-state index in [1.807, 2.05) is 26.0 Å². The van der Waals surface area contributed by atoms with Crippen molar-refractivity contribution in [3.05, 3.63) is 28.8 Å². The van der Waals surface area contributed by atoms with Gasteiger partial charge in [-0.25, -0.2) is 0 Å². The van der Waals surface area contributed by atoms with Gasteiger partial charge in [0.25, 0.3) is 0 Å². The summed E-state index contributed by atoms with van der Waals surface area (Å²) < 4.78 is 10.2. The maximum absolute atomic E-state index is 11.3. The molecule has 0 N–H and O–H groups in total. The van der Waals surface area contributed by atoms with E-state index >= 15 is 0 Å². The van der Waals surface area contributed by atoms with Gasteiger partial charge in [-0.05, 0) is 49.9 Å². The maximum atomic E-state index is 11.3. The standard InChI is InChI=1S/C14H20O3/c1-5-17-14(15)9-7-12-6-8-13(16-4)11(3)10(12)2/h6,8H,5,7,9H2,1-4H3. The summed E-state index contributed by atoms with van der Waals surface area (Å²) in [6.45, 7) is 6.35. The van der Waals surface area contributed by atoms with E-state index in [1.165, 1.54) is 11.1 Å². The molecule has 1 aromatic carbocycles. The molecule has 0 aromatic heterocycles. The Hall–Kier alpha value is -1.51. The highest BCUT2D eigenvalue weighted by Crippen LogP contribution is 2.24. The van der Waals surface area contributed by atoms with Gasteiger partial charge in [-0.1, -0.05) is 6.07 Å². The largest absolute Gasteiger partial charge is 0.496 e. The van der Waals surface area contributed by atoms with E-state index in [-0.39, 0.29) is 5.97 Å². The number of esters is 1. The summed E-state index contributed by atoms with van der Waals surface area (Å²) in [5, 5.41) is 0. The number of carbonyl (C=O) groups is 1. The van der Waals surface area contributed by atoms with Crippen LogP contribution >= 0.6 is 0 Å². The van der Waals surface area contributed by atoms with Crippen LogP contribution in [-0.4, -0.2) is 19.7 Å². The molecule has 0 radical (unpaired) electrons. The molecule has 0 amide bonds. The topological polar surface area (TPSA) is 35.5 Å². The number of hydrogen-bond donors (Lipinski definition) is 0. The summed E-state index contributed by atoms with van der Waals surface area (Å²) in [5.41, 5.74) is 3.50. The SMILES string of the molecule is CCOC(=O)CCc1ccc(OC)c(C)c1C. The highest BCUT2D eigenvalue weighted by molar-refractivity contribution is 5.69. The van der Waals surface area contributed by atoms with Crippen LogP contribution < -0.4 is 4.74 Å². The summed E-state index contributed by atoms with van der Waals surface area (Å²) in [4.78, 5) is 11.3. The second-order valence-electron chi connectivity index (χ2n) is 3.98. The highest BCUT2D eigenvalue weighted by atomic mass is 16.5. The molecular formula is C14H20O3. The minimum absolute atomic E-state index is 0.139. The van der Waals surface area contributed by atoms with Crippen LogP contribution in [0.5, 0.6) is 5.75 Å². The van der Waals surface area contributed by atoms with Crippen molar-refractivity contribution in [3.8, 4) is 5.75 Å². The monoisotopic (exact) mass is 236 g/mol. The Bertz CT molecular complexity index is 397. The first kappa shape index (κ1) is 13.6. The lowest BCUT2D eigenvalue weighted by atomic mass is 9.99. The lowest BCUT2D eigenvalue weighted by Crippen LogP contribution is -2.06. The van der Waals surface area contributed by atoms with E-state index in [1.54, 1.807) is 7.11 Å². The van der Waals surface area contributed by atoms with Crippen LogP contribution in [0.1, 0.15) is 30.0 Å². The van der Waals surface area contributed by atoms with E-state index in [0.29, 0.717) is 13.0 Å². The summed E-state index contributed by atoms with van der Waals surface area (Å²) >= 11 is 0. The smallest absolute Gasteiger partial charge is 0.306 e. The van der Waals surface area contributed by atoms with Crippen LogP contribution in [0, 0.1) is 13.8 Å². The van der Waals surface area contributed by atoms with E-state index in [0.717, 1.165) is 17.7 Å². The van der Waals surface area contributed by atoms with Gasteiger partial charge in [-0.15, -0.1) is 0 Å². The Labute approximate surface area is 103 Å². The number of methoxy groups -OCH3 is 1. The lowest BCUT2D eigenvalue weighted by molar-refractivity contribution is -0.143. The number of hydrogen-bond acceptors (Lipinski definition) is 3. The molecule has 0 aliphatic carbocycles. The van der Waals surface area contributed by atoms with Crippen LogP contribution in [0.3, 0.4) is 0 Å². The molecular weight excluding hydrogens is 216 g/mol. The zero-order chi connectivity index (χ0) is 12.8. The third-order valence-electron chi connectivity index (χ3n) is 2.97. The average molecular weight is 236 g/mol. The highest BCUT2D eigenvalue weighted by Gasteiger charge is 2.08. The third-order valence-corrected chi connectivity index (χ3v) is 2.97. The van der Waals surface area contributed by atoms with Crippen LogP contribution in [0.25, 0.3) is 0 Å². The van der Waals surface area contributed by atoms with Gasteiger partial charge in [-0.3, -0.25) is 4.79 Å². The second-order valence-corrected chi connectivity index (χ2v) is 3.98. The Morgan fingerprint density at radius 2 is 1.94 bits per heavy atom. The van der Waals surface area contributed by atoms with Gasteiger partial charge in [0.05, 0.1) is 13.7 Å². The predicted molar refractivity (Wildman–Crippen MR) is 67.4 cm³/mol. The van der Waals surface area contributed by atoms with Crippen molar-refractivity contribution in [2.45, 2.75) is 33.6 Å². The molecule has 0 unspecified atom stereocenters. The zero-order valence-electron chi connectivity index (χ0n) is 11.0. The van der Waals surface area contributed by atoms with E-state index in [4.69, 9.17) is 9.47 Å². The van der Waals surface area contributed by atoms with Crippen LogP contribution in [0.15, 0.2) is 12.1 Å². The summed E-state index contributed by atoms with van der Waals surface area (Å²) in [6, 6.07) is 3.96. The Balaban J connectivity index is 2.73. The number of aryl methyl sites for hydroxylation is 1. The molecule has 3 heteroatoms. The van der Waals surface area contributed by atoms with Crippen molar-refractivity contribution in [2.75, 3.05) is 13.7 Å². The molecule has 0 saturated heterocycles. The van der Waals surface area contributed by atoms with Crippen molar-refractivity contribution < 1.29 is 14.3 Å². The molecule has 1 aromatic rings. The van der Waals surface area contributed by atoms with Gasteiger partial charge < -0.3 is 9.47 Å². The molecule has 3 nitrogen and oxygen atoms in total. The minimum Gasteiger partial charge on any atom is -0.496 e. The van der Waals surface area contributed by atoms with Gasteiger partial charge in [0.15, 0.2) is 0 Å². The number of ether oxygens (including phenoxy) is 2. The predicted octanol–water partition coefficient (Wildman–Crippen LogP) is 2.81. The maximum Gasteiger partial charge on any atom is 0.306 e. The van der Waals surface area contributed by atoms with Crippen molar-refractivity contribution in [1.82, 2.24) is 0 Å². The second kappa shape index (κ2) is 6.28. The fourth-order valence-electron chi connectivity index (χ4n) is 1.81. The van der Waals surface area contributed by atoms with Gasteiger partial charge >= 0.3 is 5.97 Å². The van der Waals surface area contributed by atoms with Crippen LogP contribution in [0.2, 0.25) is 0 Å². The molecule has 0 spiro atoms. The van der Waals surface area contributed by atoms with Gasteiger partial charge in [0.2, 0.25) is 0 Å². The molecule has 0 aliphatic heterocycles. The van der Waals surface area contributed by atoms with Crippen molar-refractivity contribution in [2.24, 2.45) is 0 Å². The third kappa shape index (κ3) is 3.48. The van der Waals surface area contributed by atoms with E-state index in [2.05, 4.69) is 6.92 Å². The van der Waals surface area contributed by atoms with Gasteiger partial charge in [0.1, 0.15) is 5.75 Å². The molecule has 1 rings (SSSR count). The van der Waals surface area contributed by atoms with Gasteiger partial charge in [-0.2, -0.15) is 0 Å². The molecule has 0 fully saturated rings. The first-order chi connectivity index (χ1) is 8.10. The first-order valence-electron chi connectivity index (χ1n) is 5.88. The molecule has 0 atom stereocenters. The van der Waals surface area contributed by atoms with E-state index < -0.39 is 0 Å². The molecule has 0 heterocycles. The Morgan fingerprint density at radius 1 is 1.24 bits per heavy atom. The molecule has 94 valence electrons. The molecule has 0 aliphatic rings. The average Bonchev–Trinajstić information content (AvgIpc) is 2.31. The van der Waals surface area contributed by atoms with Crippen molar-refractivity contribution >= 4 is 5.97 Å². The first-order valence-corrected chi connectivity index (χ1v) is 5.88. The van der Waals surface area contributed by atoms with Crippen LogP contribution in [-0.2, 0) is 16.0 Å². The normalized spacial score (nSPS) is 10.1. The number of rotatable bonds is 5. The molecule has 0 bridgehead atoms. The van der Waals surface area contributed by atoms with Crippen molar-refractivity contribution in [3.63, 3.8) is 0 Å². The fraction of sp³-hybridized carbons (Fsp3) is 0.500. The number of benzene rings is 1. The van der Waals surface area contributed by atoms with Crippen LogP contribution in [0.4, 0.5) is 0 Å². The fourth-order valence-corrected chi connectivity index (χ4v) is 1.81. The van der Waals surface area contributed by atoms with Gasteiger partial charge in [0, 0.05) is 6.42 Å². The summed E-state index contributed by atoms with van der Waals surface area (Å²) in [6.07, 6.45) is 1.15. The van der Waals surface area contributed by atoms with E-state index in [9.17, 15) is 4.79 Å². The minimum atomic E-state index is -0.139. The zero-order valence-corrected chi connectivity index (χ0v) is 11.0. The quantitative estimate of drug-likeness (QED) is 0.737. The number of carbonyl (C=O) groups excluding carboxylic acids is 1. The lowest BCUT2D eigenvalue weighted by Gasteiger charge is -2.12.